The highest BCUT2D eigenvalue weighted by Crippen LogP contribution is 2.32. The number of aromatic nitrogens is 1. The van der Waals surface area contributed by atoms with Crippen molar-refractivity contribution in [1.29, 1.82) is 0 Å². The highest BCUT2D eigenvalue weighted by molar-refractivity contribution is 6.00. The molecule has 0 radical (unpaired) electrons. The topological polar surface area (TPSA) is 106 Å². The number of carbonyl (C=O) groups excluding carboxylic acids is 1. The molecule has 172 valence electrons. The smallest absolute Gasteiger partial charge is 0.253 e. The quantitative estimate of drug-likeness (QED) is 0.279. The summed E-state index contributed by atoms with van der Waals surface area (Å²) < 4.78 is 0. The van der Waals surface area contributed by atoms with Crippen LogP contribution in [0.15, 0.2) is 70.7 Å². The van der Waals surface area contributed by atoms with E-state index >= 15 is 0 Å². The number of likely N-dealkylation sites (N-methyl/N-ethyl adjacent to an activating group) is 1. The molecule has 0 spiro atoms. The second kappa shape index (κ2) is 10.7. The van der Waals surface area contributed by atoms with Gasteiger partial charge in [0.05, 0.1) is 12.3 Å². The summed E-state index contributed by atoms with van der Waals surface area (Å²) in [4.78, 5) is 28.5. The molecule has 0 aliphatic carbocycles. The number of amides is 1. The summed E-state index contributed by atoms with van der Waals surface area (Å²) in [7, 11) is 1.65. The molecule has 0 aliphatic rings. The Bertz CT molecular complexity index is 1200. The van der Waals surface area contributed by atoms with Crippen LogP contribution >= 0.6 is 0 Å². The van der Waals surface area contributed by atoms with Gasteiger partial charge in [0.2, 0.25) is 0 Å². The first-order chi connectivity index (χ1) is 15.8. The van der Waals surface area contributed by atoms with Crippen LogP contribution < -0.4 is 5.56 Å². The van der Waals surface area contributed by atoms with Crippen LogP contribution in [0.2, 0.25) is 0 Å². The van der Waals surface area contributed by atoms with Crippen molar-refractivity contribution in [2.24, 2.45) is 5.16 Å². The third-order valence-electron chi connectivity index (χ3n) is 5.85. The number of benzene rings is 2. The van der Waals surface area contributed by atoms with Gasteiger partial charge in [0.15, 0.2) is 0 Å². The molecule has 0 saturated carbocycles. The summed E-state index contributed by atoms with van der Waals surface area (Å²) in [6, 6.07) is 17.1. The molecule has 1 heterocycles. The maximum absolute atomic E-state index is 12.5. The highest BCUT2D eigenvalue weighted by Gasteiger charge is 2.21. The summed E-state index contributed by atoms with van der Waals surface area (Å²) in [5.74, 6) is -0.298. The van der Waals surface area contributed by atoms with E-state index in [-0.39, 0.29) is 30.5 Å². The fraction of sp³-hybridized carbons (Fsp3) is 0.269. The molecule has 1 atom stereocenters. The number of nitrogens with zero attached hydrogens (tertiary/aromatic N) is 2. The van der Waals surface area contributed by atoms with Gasteiger partial charge in [0, 0.05) is 48.8 Å². The van der Waals surface area contributed by atoms with Crippen molar-refractivity contribution in [3.05, 3.63) is 105 Å². The van der Waals surface area contributed by atoms with Crippen LogP contribution in [0.3, 0.4) is 0 Å². The molecule has 7 heteroatoms. The van der Waals surface area contributed by atoms with Gasteiger partial charge in [-0.1, -0.05) is 41.6 Å². The van der Waals surface area contributed by atoms with E-state index in [0.717, 1.165) is 16.7 Å². The number of aliphatic hydroxyl groups is 1. The zero-order valence-corrected chi connectivity index (χ0v) is 19.1. The molecular formula is C26H29N3O4. The van der Waals surface area contributed by atoms with E-state index in [1.807, 2.05) is 43.3 Å². The summed E-state index contributed by atoms with van der Waals surface area (Å²) in [5.41, 5.74) is 5.12. The molecule has 7 nitrogen and oxygen atoms in total. The number of hydrogen-bond acceptors (Lipinski definition) is 5. The van der Waals surface area contributed by atoms with Crippen molar-refractivity contribution in [2.75, 3.05) is 20.2 Å². The van der Waals surface area contributed by atoms with E-state index in [4.69, 9.17) is 5.11 Å². The lowest BCUT2D eigenvalue weighted by Gasteiger charge is -2.22. The van der Waals surface area contributed by atoms with Crippen LogP contribution in [0, 0.1) is 13.8 Å². The van der Waals surface area contributed by atoms with Gasteiger partial charge in [0.25, 0.3) is 11.5 Å². The molecule has 0 saturated heterocycles. The Hall–Kier alpha value is -3.71. The molecule has 3 aromatic rings. The Morgan fingerprint density at radius 1 is 1.06 bits per heavy atom. The van der Waals surface area contributed by atoms with Gasteiger partial charge in [-0.2, -0.15) is 0 Å². The van der Waals surface area contributed by atoms with Gasteiger partial charge in [0.1, 0.15) is 0 Å². The first-order valence-corrected chi connectivity index (χ1v) is 10.8. The zero-order valence-electron chi connectivity index (χ0n) is 19.1. The fourth-order valence-electron chi connectivity index (χ4n) is 3.89. The van der Waals surface area contributed by atoms with E-state index in [1.165, 1.54) is 4.90 Å². The Balaban J connectivity index is 1.99. The van der Waals surface area contributed by atoms with Crippen LogP contribution in [0.25, 0.3) is 0 Å². The van der Waals surface area contributed by atoms with Gasteiger partial charge >= 0.3 is 0 Å². The molecule has 1 amide bonds. The monoisotopic (exact) mass is 447 g/mol. The lowest BCUT2D eigenvalue weighted by Crippen LogP contribution is -2.29. The van der Waals surface area contributed by atoms with Crippen LogP contribution in [-0.4, -0.2) is 52.0 Å². The Morgan fingerprint density at radius 2 is 1.76 bits per heavy atom. The summed E-state index contributed by atoms with van der Waals surface area (Å²) in [5, 5.41) is 22.4. The van der Waals surface area contributed by atoms with Crippen molar-refractivity contribution in [3.63, 3.8) is 0 Å². The average molecular weight is 448 g/mol. The summed E-state index contributed by atoms with van der Waals surface area (Å²) in [6.45, 7) is 3.91. The SMILES string of the molecule is Cc1ccccc1C(C/C(=N\O)c1c[nH]c(=O)c(C)c1)c1ccc(C(=O)N(C)CCO)cc1. The predicted octanol–water partition coefficient (Wildman–Crippen LogP) is 3.46. The minimum atomic E-state index is -0.182. The Morgan fingerprint density at radius 3 is 2.36 bits per heavy atom. The first kappa shape index (κ1) is 23.9. The molecular weight excluding hydrogens is 418 g/mol. The van der Waals surface area contributed by atoms with Crippen LogP contribution in [0.1, 0.15) is 50.5 Å². The van der Waals surface area contributed by atoms with E-state index in [2.05, 4.69) is 10.1 Å². The zero-order chi connectivity index (χ0) is 24.0. The summed E-state index contributed by atoms with van der Waals surface area (Å²) >= 11 is 0. The number of oxime groups is 1. The van der Waals surface area contributed by atoms with Crippen molar-refractivity contribution in [3.8, 4) is 0 Å². The third kappa shape index (κ3) is 5.56. The molecule has 1 aromatic heterocycles. The molecule has 3 N–H and O–H groups in total. The Labute approximate surface area is 193 Å². The van der Waals surface area contributed by atoms with Crippen LogP contribution in [0.4, 0.5) is 0 Å². The second-order valence-electron chi connectivity index (χ2n) is 8.13. The predicted molar refractivity (Wildman–Crippen MR) is 128 cm³/mol. The molecule has 0 fully saturated rings. The number of rotatable bonds is 8. The molecule has 3 rings (SSSR count). The van der Waals surface area contributed by atoms with E-state index in [9.17, 15) is 14.8 Å². The molecule has 2 aromatic carbocycles. The van der Waals surface area contributed by atoms with Gasteiger partial charge in [-0.15, -0.1) is 0 Å². The molecule has 33 heavy (non-hydrogen) atoms. The van der Waals surface area contributed by atoms with Gasteiger partial charge in [-0.3, -0.25) is 9.59 Å². The first-order valence-electron chi connectivity index (χ1n) is 10.8. The lowest BCUT2D eigenvalue weighted by atomic mass is 9.83. The Kier molecular flexibility index (Phi) is 7.79. The number of H-pyrrole nitrogens is 1. The minimum absolute atomic E-state index is 0.0941. The molecule has 0 aliphatic heterocycles. The average Bonchev–Trinajstić information content (AvgIpc) is 2.82. The number of pyridine rings is 1. The summed E-state index contributed by atoms with van der Waals surface area (Å²) in [6.07, 6.45) is 1.95. The van der Waals surface area contributed by atoms with E-state index in [1.54, 1.807) is 38.4 Å². The number of aliphatic hydroxyl groups excluding tert-OH is 1. The maximum Gasteiger partial charge on any atom is 0.253 e. The van der Waals surface area contributed by atoms with Crippen LogP contribution in [-0.2, 0) is 0 Å². The van der Waals surface area contributed by atoms with Crippen molar-refractivity contribution < 1.29 is 15.1 Å². The fourth-order valence-corrected chi connectivity index (χ4v) is 3.89. The number of carbonyl (C=O) groups is 1. The molecule has 0 bridgehead atoms. The number of aromatic amines is 1. The largest absolute Gasteiger partial charge is 0.411 e. The minimum Gasteiger partial charge on any atom is -0.411 e. The maximum atomic E-state index is 12.5. The highest BCUT2D eigenvalue weighted by atomic mass is 16.4. The molecule has 1 unspecified atom stereocenters. The van der Waals surface area contributed by atoms with E-state index < -0.39 is 0 Å². The van der Waals surface area contributed by atoms with Crippen molar-refractivity contribution >= 4 is 11.6 Å². The standard InChI is InChI=1S/C26H29N3O4/c1-17-6-4-5-7-22(17)23(15-24(28-33)21-14-18(2)25(31)27-16-21)19-8-10-20(11-9-19)26(32)29(3)12-13-30/h4-11,14,16,23,30,33H,12-13,15H2,1-3H3,(H,27,31)/b28-24+. The van der Waals surface area contributed by atoms with Gasteiger partial charge < -0.3 is 20.2 Å². The van der Waals surface area contributed by atoms with Gasteiger partial charge in [-0.05, 0) is 48.7 Å². The third-order valence-corrected chi connectivity index (χ3v) is 5.85. The number of hydrogen-bond donors (Lipinski definition) is 3. The second-order valence-corrected chi connectivity index (χ2v) is 8.13. The lowest BCUT2D eigenvalue weighted by molar-refractivity contribution is 0.0767. The van der Waals surface area contributed by atoms with Crippen molar-refractivity contribution in [1.82, 2.24) is 9.88 Å². The normalized spacial score (nSPS) is 12.4. The van der Waals surface area contributed by atoms with Crippen LogP contribution in [0.5, 0.6) is 0 Å². The van der Waals surface area contributed by atoms with E-state index in [0.29, 0.717) is 28.8 Å². The number of nitrogens with one attached hydrogen (secondary N) is 1. The number of aryl methyl sites for hydroxylation is 2. The van der Waals surface area contributed by atoms with Gasteiger partial charge in [-0.25, -0.2) is 0 Å². The van der Waals surface area contributed by atoms with Crippen molar-refractivity contribution in [2.45, 2.75) is 26.2 Å².